The molecule has 98 valence electrons. The molecule has 0 bridgehead atoms. The average Bonchev–Trinajstić information content (AvgIpc) is 2.41. The van der Waals surface area contributed by atoms with Crippen molar-refractivity contribution >= 4 is 5.78 Å². The molecule has 1 fully saturated rings. The molecule has 1 aromatic rings. The number of nitrogens with zero attached hydrogens (tertiary/aromatic N) is 1. The van der Waals surface area contributed by atoms with Crippen LogP contribution in [0.15, 0.2) is 30.3 Å². The Kier molecular flexibility index (Phi) is 4.94. The molecule has 0 amide bonds. The largest absolute Gasteiger partial charge is 0.302 e. The summed E-state index contributed by atoms with van der Waals surface area (Å²) in [5, 5.41) is 0. The summed E-state index contributed by atoms with van der Waals surface area (Å²) in [4.78, 5) is 14.2. The van der Waals surface area contributed by atoms with Gasteiger partial charge in [0.2, 0.25) is 0 Å². The molecule has 1 saturated heterocycles. The van der Waals surface area contributed by atoms with E-state index in [1.807, 2.05) is 0 Å². The summed E-state index contributed by atoms with van der Waals surface area (Å²) in [6, 6.07) is 10.6. The minimum atomic E-state index is 0.291. The number of likely N-dealkylation sites (tertiary alicyclic amines) is 1. The van der Waals surface area contributed by atoms with Gasteiger partial charge in [-0.15, -0.1) is 0 Å². The maximum atomic E-state index is 11.8. The van der Waals surface area contributed by atoms with Gasteiger partial charge in [0.1, 0.15) is 5.78 Å². The number of piperidine rings is 1. The van der Waals surface area contributed by atoms with E-state index in [0.717, 1.165) is 45.3 Å². The first-order valence-electron chi connectivity index (χ1n) is 7.08. The molecule has 0 aliphatic carbocycles. The van der Waals surface area contributed by atoms with E-state index in [2.05, 4.69) is 42.2 Å². The number of benzene rings is 1. The Balaban J connectivity index is 1.81. The molecule has 1 aromatic carbocycles. The van der Waals surface area contributed by atoms with Gasteiger partial charge in [0.05, 0.1) is 0 Å². The highest BCUT2D eigenvalue weighted by atomic mass is 16.1. The van der Waals surface area contributed by atoms with E-state index in [-0.39, 0.29) is 0 Å². The van der Waals surface area contributed by atoms with Gasteiger partial charge in [-0.1, -0.05) is 43.7 Å². The third-order valence-electron chi connectivity index (χ3n) is 3.81. The summed E-state index contributed by atoms with van der Waals surface area (Å²) in [6.45, 7) is 5.17. The number of carbonyl (C=O) groups excluding carboxylic acids is 1. The van der Waals surface area contributed by atoms with Crippen LogP contribution < -0.4 is 0 Å². The second kappa shape index (κ2) is 6.69. The van der Waals surface area contributed by atoms with Crippen molar-refractivity contribution in [3.05, 3.63) is 35.9 Å². The van der Waals surface area contributed by atoms with Gasteiger partial charge in [-0.25, -0.2) is 0 Å². The van der Waals surface area contributed by atoms with Crippen LogP contribution in [-0.4, -0.2) is 30.3 Å². The van der Waals surface area contributed by atoms with E-state index < -0.39 is 0 Å². The first kappa shape index (κ1) is 13.3. The predicted octanol–water partition coefficient (Wildman–Crippen LogP) is 2.92. The lowest BCUT2D eigenvalue weighted by Gasteiger charge is -2.31. The Bertz CT molecular complexity index is 374. The Hall–Kier alpha value is -1.15. The lowest BCUT2D eigenvalue weighted by molar-refractivity contribution is -0.126. The van der Waals surface area contributed by atoms with Crippen LogP contribution in [0.4, 0.5) is 0 Å². The summed E-state index contributed by atoms with van der Waals surface area (Å²) < 4.78 is 0. The van der Waals surface area contributed by atoms with Gasteiger partial charge in [0.15, 0.2) is 0 Å². The van der Waals surface area contributed by atoms with Crippen LogP contribution in [0.2, 0.25) is 0 Å². The van der Waals surface area contributed by atoms with Crippen LogP contribution in [0.1, 0.15) is 31.7 Å². The molecule has 1 heterocycles. The summed E-state index contributed by atoms with van der Waals surface area (Å²) >= 11 is 0. The van der Waals surface area contributed by atoms with E-state index in [4.69, 9.17) is 0 Å². The van der Waals surface area contributed by atoms with Crippen molar-refractivity contribution < 1.29 is 4.79 Å². The Morgan fingerprint density at radius 1 is 1.28 bits per heavy atom. The number of Topliss-reactive ketones (excluding diaryl/α,β-unsaturated/α-hetero) is 1. The van der Waals surface area contributed by atoms with Crippen molar-refractivity contribution in [2.24, 2.45) is 5.92 Å². The molecule has 0 N–H and O–H groups in total. The average molecular weight is 245 g/mol. The second-order valence-electron chi connectivity index (χ2n) is 5.24. The topological polar surface area (TPSA) is 20.3 Å². The van der Waals surface area contributed by atoms with E-state index in [0.29, 0.717) is 11.7 Å². The van der Waals surface area contributed by atoms with Gasteiger partial charge in [-0.05, 0) is 18.4 Å². The minimum absolute atomic E-state index is 0.291. The fraction of sp³-hybridized carbons (Fsp3) is 0.562. The molecule has 0 unspecified atom stereocenters. The number of ketones is 1. The molecule has 2 rings (SSSR count). The van der Waals surface area contributed by atoms with Crippen molar-refractivity contribution in [3.63, 3.8) is 0 Å². The van der Waals surface area contributed by atoms with Gasteiger partial charge in [0, 0.05) is 32.0 Å². The number of hydrogen-bond donors (Lipinski definition) is 0. The normalized spacial score (nSPS) is 21.2. The van der Waals surface area contributed by atoms with E-state index >= 15 is 0 Å². The van der Waals surface area contributed by atoms with Crippen molar-refractivity contribution in [2.45, 2.75) is 32.6 Å². The second-order valence-corrected chi connectivity index (χ2v) is 5.24. The summed E-state index contributed by atoms with van der Waals surface area (Å²) in [5.41, 5.74) is 1.39. The lowest BCUT2D eigenvalue weighted by Crippen LogP contribution is -2.41. The van der Waals surface area contributed by atoms with E-state index in [1.165, 1.54) is 5.56 Å². The predicted molar refractivity (Wildman–Crippen MR) is 74.6 cm³/mol. The van der Waals surface area contributed by atoms with Crippen molar-refractivity contribution in [3.8, 4) is 0 Å². The standard InChI is InChI=1S/C16H23NO/c1-2-6-15-13-17(12-10-16(15)18)11-9-14-7-4-3-5-8-14/h3-5,7-8,15H,2,6,9-13H2,1H3/t15-/m0/s1. The highest BCUT2D eigenvalue weighted by Crippen LogP contribution is 2.18. The van der Waals surface area contributed by atoms with Crippen molar-refractivity contribution in [2.75, 3.05) is 19.6 Å². The quantitative estimate of drug-likeness (QED) is 0.795. The molecule has 0 radical (unpaired) electrons. The maximum Gasteiger partial charge on any atom is 0.138 e. The fourth-order valence-electron chi connectivity index (χ4n) is 2.71. The van der Waals surface area contributed by atoms with Crippen LogP contribution in [-0.2, 0) is 11.2 Å². The SMILES string of the molecule is CCC[C@H]1CN(CCc2ccccc2)CCC1=O. The Morgan fingerprint density at radius 3 is 2.78 bits per heavy atom. The third-order valence-corrected chi connectivity index (χ3v) is 3.81. The van der Waals surface area contributed by atoms with Crippen LogP contribution in [0.3, 0.4) is 0 Å². The molecule has 1 atom stereocenters. The van der Waals surface area contributed by atoms with Crippen LogP contribution in [0.25, 0.3) is 0 Å². The number of hydrogen-bond acceptors (Lipinski definition) is 2. The summed E-state index contributed by atoms with van der Waals surface area (Å²) in [5.74, 6) is 0.771. The molecular weight excluding hydrogens is 222 g/mol. The molecule has 2 heteroatoms. The van der Waals surface area contributed by atoms with E-state index in [1.54, 1.807) is 0 Å². The van der Waals surface area contributed by atoms with Crippen LogP contribution in [0, 0.1) is 5.92 Å². The van der Waals surface area contributed by atoms with Gasteiger partial charge >= 0.3 is 0 Å². The van der Waals surface area contributed by atoms with Crippen LogP contribution in [0.5, 0.6) is 0 Å². The van der Waals surface area contributed by atoms with Crippen molar-refractivity contribution in [1.82, 2.24) is 4.90 Å². The van der Waals surface area contributed by atoms with Gasteiger partial charge in [0.25, 0.3) is 0 Å². The molecule has 1 aliphatic rings. The zero-order valence-corrected chi connectivity index (χ0v) is 11.3. The monoisotopic (exact) mass is 245 g/mol. The molecule has 0 saturated carbocycles. The third kappa shape index (κ3) is 3.67. The first-order chi connectivity index (χ1) is 8.79. The summed E-state index contributed by atoms with van der Waals surface area (Å²) in [7, 11) is 0. The fourth-order valence-corrected chi connectivity index (χ4v) is 2.71. The van der Waals surface area contributed by atoms with Gasteiger partial charge < -0.3 is 4.90 Å². The van der Waals surface area contributed by atoms with Gasteiger partial charge in [-0.2, -0.15) is 0 Å². The molecule has 18 heavy (non-hydrogen) atoms. The van der Waals surface area contributed by atoms with Gasteiger partial charge in [-0.3, -0.25) is 4.79 Å². The highest BCUT2D eigenvalue weighted by molar-refractivity contribution is 5.82. The molecule has 0 aromatic heterocycles. The first-order valence-corrected chi connectivity index (χ1v) is 7.08. The zero-order chi connectivity index (χ0) is 12.8. The van der Waals surface area contributed by atoms with Crippen LogP contribution >= 0.6 is 0 Å². The highest BCUT2D eigenvalue weighted by Gasteiger charge is 2.25. The lowest BCUT2D eigenvalue weighted by atomic mass is 9.92. The zero-order valence-electron chi connectivity index (χ0n) is 11.3. The molecular formula is C16H23NO. The maximum absolute atomic E-state index is 11.8. The van der Waals surface area contributed by atoms with E-state index in [9.17, 15) is 4.79 Å². The minimum Gasteiger partial charge on any atom is -0.302 e. The Morgan fingerprint density at radius 2 is 2.06 bits per heavy atom. The smallest absolute Gasteiger partial charge is 0.138 e. The molecule has 1 aliphatic heterocycles. The molecule has 2 nitrogen and oxygen atoms in total. The van der Waals surface area contributed by atoms with Crippen molar-refractivity contribution in [1.29, 1.82) is 0 Å². The molecule has 0 spiro atoms. The Labute approximate surface area is 110 Å². The summed E-state index contributed by atoms with van der Waals surface area (Å²) in [6.07, 6.45) is 4.01. The number of carbonyl (C=O) groups is 1. The number of rotatable bonds is 5.